The number of methoxy groups -OCH3 is 1. The first kappa shape index (κ1) is 12.3. The third-order valence-corrected chi connectivity index (χ3v) is 3.23. The van der Waals surface area contributed by atoms with Crippen LogP contribution in [0.4, 0.5) is 11.5 Å². The molecule has 2 rings (SSSR count). The number of anilines is 1. The van der Waals surface area contributed by atoms with Crippen molar-refractivity contribution in [3.05, 3.63) is 26.9 Å². The second-order valence-corrected chi connectivity index (χ2v) is 4.86. The highest BCUT2D eigenvalue weighted by Crippen LogP contribution is 2.30. The molecular weight excluding hydrogens is 290 g/mol. The number of ether oxygens (including phenoxy) is 1. The third kappa shape index (κ3) is 2.73. The molecule has 7 heteroatoms. The fourth-order valence-corrected chi connectivity index (χ4v) is 2.07. The Labute approximate surface area is 107 Å². The highest BCUT2D eigenvalue weighted by atomic mass is 79.9. The molecule has 0 atom stereocenters. The van der Waals surface area contributed by atoms with Crippen molar-refractivity contribution in [2.45, 2.75) is 25.0 Å². The molecule has 1 saturated carbocycles. The molecule has 0 aliphatic heterocycles. The zero-order chi connectivity index (χ0) is 12.4. The molecule has 0 aromatic carbocycles. The smallest absolute Gasteiger partial charge is 0.312 e. The minimum absolute atomic E-state index is 0.0137. The van der Waals surface area contributed by atoms with Crippen molar-refractivity contribution in [3.8, 4) is 0 Å². The van der Waals surface area contributed by atoms with Crippen LogP contribution in [-0.2, 0) is 4.74 Å². The van der Waals surface area contributed by atoms with Gasteiger partial charge in [0.05, 0.1) is 11.0 Å². The van der Waals surface area contributed by atoms with Crippen molar-refractivity contribution in [1.29, 1.82) is 0 Å². The standard InChI is InChI=1S/C10H12BrN3O3/c1-17-8-3-7(4-8)13-10-9(14(15)16)2-6(11)5-12-10/h2,5,7-8H,3-4H2,1H3,(H,12,13). The normalized spacial score (nSPS) is 22.9. The van der Waals surface area contributed by atoms with Crippen molar-refractivity contribution in [3.63, 3.8) is 0 Å². The van der Waals surface area contributed by atoms with Crippen molar-refractivity contribution < 1.29 is 9.66 Å². The van der Waals surface area contributed by atoms with Crippen LogP contribution in [0.5, 0.6) is 0 Å². The van der Waals surface area contributed by atoms with Gasteiger partial charge in [-0.15, -0.1) is 0 Å². The van der Waals surface area contributed by atoms with Gasteiger partial charge in [0.1, 0.15) is 0 Å². The summed E-state index contributed by atoms with van der Waals surface area (Å²) in [5, 5.41) is 13.9. The molecule has 0 unspecified atom stereocenters. The average Bonchev–Trinajstić information content (AvgIpc) is 2.24. The van der Waals surface area contributed by atoms with Gasteiger partial charge < -0.3 is 10.1 Å². The van der Waals surface area contributed by atoms with E-state index >= 15 is 0 Å². The first-order valence-corrected chi connectivity index (χ1v) is 5.98. The quantitative estimate of drug-likeness (QED) is 0.682. The maximum Gasteiger partial charge on any atom is 0.312 e. The summed E-state index contributed by atoms with van der Waals surface area (Å²) in [4.78, 5) is 14.5. The molecule has 0 amide bonds. The van der Waals surface area contributed by atoms with Crippen molar-refractivity contribution in [2.24, 2.45) is 0 Å². The minimum Gasteiger partial charge on any atom is -0.381 e. The van der Waals surface area contributed by atoms with Crippen LogP contribution in [0.15, 0.2) is 16.7 Å². The Morgan fingerprint density at radius 2 is 2.35 bits per heavy atom. The molecule has 6 nitrogen and oxygen atoms in total. The molecule has 0 saturated heterocycles. The number of aromatic nitrogens is 1. The van der Waals surface area contributed by atoms with Gasteiger partial charge in [-0.1, -0.05) is 0 Å². The van der Waals surface area contributed by atoms with Gasteiger partial charge in [-0.2, -0.15) is 0 Å². The average molecular weight is 302 g/mol. The molecule has 1 aromatic heterocycles. The van der Waals surface area contributed by atoms with Crippen LogP contribution < -0.4 is 5.32 Å². The summed E-state index contributed by atoms with van der Waals surface area (Å²) in [6.07, 6.45) is 3.50. The number of pyridine rings is 1. The topological polar surface area (TPSA) is 77.3 Å². The number of nitro groups is 1. The summed E-state index contributed by atoms with van der Waals surface area (Å²) in [5.41, 5.74) is -0.0137. The highest BCUT2D eigenvalue weighted by Gasteiger charge is 2.30. The Balaban J connectivity index is 2.08. The number of rotatable bonds is 4. The molecule has 1 N–H and O–H groups in total. The van der Waals surface area contributed by atoms with E-state index in [2.05, 4.69) is 26.2 Å². The molecule has 0 radical (unpaired) electrons. The molecular formula is C10H12BrN3O3. The van der Waals surface area contributed by atoms with E-state index in [1.165, 1.54) is 6.07 Å². The fourth-order valence-electron chi connectivity index (χ4n) is 1.75. The van der Waals surface area contributed by atoms with Crippen LogP contribution in [0, 0.1) is 10.1 Å². The van der Waals surface area contributed by atoms with Crippen molar-refractivity contribution in [1.82, 2.24) is 4.98 Å². The Kier molecular flexibility index (Phi) is 3.58. The second-order valence-electron chi connectivity index (χ2n) is 3.95. The van der Waals surface area contributed by atoms with Gasteiger partial charge in [0, 0.05) is 29.9 Å². The number of hydrogen-bond donors (Lipinski definition) is 1. The molecule has 92 valence electrons. The van der Waals surface area contributed by atoms with Gasteiger partial charge in [0.2, 0.25) is 5.82 Å². The van der Waals surface area contributed by atoms with E-state index in [1.54, 1.807) is 13.3 Å². The minimum atomic E-state index is -0.438. The summed E-state index contributed by atoms with van der Waals surface area (Å²) in [6.45, 7) is 0. The third-order valence-electron chi connectivity index (χ3n) is 2.80. The van der Waals surface area contributed by atoms with E-state index < -0.39 is 4.92 Å². The zero-order valence-corrected chi connectivity index (χ0v) is 10.8. The van der Waals surface area contributed by atoms with Crippen molar-refractivity contribution in [2.75, 3.05) is 12.4 Å². The van der Waals surface area contributed by atoms with Crippen LogP contribution >= 0.6 is 15.9 Å². The van der Waals surface area contributed by atoms with Gasteiger partial charge in [-0.05, 0) is 28.8 Å². The molecule has 1 heterocycles. The molecule has 1 fully saturated rings. The number of hydrogen-bond acceptors (Lipinski definition) is 5. The number of nitrogens with one attached hydrogen (secondary N) is 1. The SMILES string of the molecule is COC1CC(Nc2ncc(Br)cc2[N+](=O)[O-])C1. The monoisotopic (exact) mass is 301 g/mol. The van der Waals surface area contributed by atoms with E-state index in [-0.39, 0.29) is 17.8 Å². The van der Waals surface area contributed by atoms with E-state index in [9.17, 15) is 10.1 Å². The summed E-state index contributed by atoms with van der Waals surface area (Å²) in [6, 6.07) is 1.65. The van der Waals surface area contributed by atoms with E-state index in [0.717, 1.165) is 12.8 Å². The first-order valence-electron chi connectivity index (χ1n) is 5.19. The molecule has 0 spiro atoms. The van der Waals surface area contributed by atoms with E-state index in [0.29, 0.717) is 10.3 Å². The first-order chi connectivity index (χ1) is 8.10. The predicted molar refractivity (Wildman–Crippen MR) is 66.0 cm³/mol. The van der Waals surface area contributed by atoms with Crippen LogP contribution in [0.3, 0.4) is 0 Å². The van der Waals surface area contributed by atoms with E-state index in [1.807, 2.05) is 0 Å². The van der Waals surface area contributed by atoms with Crippen molar-refractivity contribution >= 4 is 27.4 Å². The Morgan fingerprint density at radius 3 is 2.94 bits per heavy atom. The van der Waals surface area contributed by atoms with Gasteiger partial charge in [-0.25, -0.2) is 4.98 Å². The Morgan fingerprint density at radius 1 is 1.65 bits per heavy atom. The number of nitrogens with zero attached hydrogens (tertiary/aromatic N) is 2. The maximum atomic E-state index is 10.9. The molecule has 1 aliphatic rings. The van der Waals surface area contributed by atoms with Gasteiger partial charge >= 0.3 is 5.69 Å². The lowest BCUT2D eigenvalue weighted by Crippen LogP contribution is -2.40. The van der Waals surface area contributed by atoms with Crippen LogP contribution in [0.2, 0.25) is 0 Å². The molecule has 1 aliphatic carbocycles. The molecule has 17 heavy (non-hydrogen) atoms. The Hall–Kier alpha value is -1.21. The van der Waals surface area contributed by atoms with Gasteiger partial charge in [0.15, 0.2) is 0 Å². The van der Waals surface area contributed by atoms with Crippen LogP contribution in [-0.4, -0.2) is 29.2 Å². The predicted octanol–water partition coefficient (Wildman–Crippen LogP) is 2.34. The zero-order valence-electron chi connectivity index (χ0n) is 9.22. The maximum absolute atomic E-state index is 10.9. The Bertz CT molecular complexity index is 435. The lowest BCUT2D eigenvalue weighted by atomic mass is 9.89. The lowest BCUT2D eigenvalue weighted by molar-refractivity contribution is -0.384. The summed E-state index contributed by atoms with van der Waals surface area (Å²) in [7, 11) is 1.67. The van der Waals surface area contributed by atoms with Crippen LogP contribution in [0.1, 0.15) is 12.8 Å². The van der Waals surface area contributed by atoms with E-state index in [4.69, 9.17) is 4.74 Å². The second kappa shape index (κ2) is 4.97. The molecule has 0 bridgehead atoms. The van der Waals surface area contributed by atoms with Gasteiger partial charge in [-0.3, -0.25) is 10.1 Å². The van der Waals surface area contributed by atoms with Crippen LogP contribution in [0.25, 0.3) is 0 Å². The molecule has 1 aromatic rings. The summed E-state index contributed by atoms with van der Waals surface area (Å²) >= 11 is 3.17. The number of halogens is 1. The fraction of sp³-hybridized carbons (Fsp3) is 0.500. The largest absolute Gasteiger partial charge is 0.381 e. The highest BCUT2D eigenvalue weighted by molar-refractivity contribution is 9.10. The summed E-state index contributed by atoms with van der Waals surface area (Å²) in [5.74, 6) is 0.317. The lowest BCUT2D eigenvalue weighted by Gasteiger charge is -2.34. The summed E-state index contributed by atoms with van der Waals surface area (Å²) < 4.78 is 5.74. The van der Waals surface area contributed by atoms with Gasteiger partial charge in [0.25, 0.3) is 0 Å².